The summed E-state index contributed by atoms with van der Waals surface area (Å²) in [5.41, 5.74) is 5.39. The summed E-state index contributed by atoms with van der Waals surface area (Å²) < 4.78 is 10.6. The number of H-pyrrole nitrogens is 1. The molecule has 0 atom stereocenters. The molecule has 3 aromatic rings. The highest BCUT2D eigenvalue weighted by molar-refractivity contribution is 5.98. The van der Waals surface area contributed by atoms with E-state index in [-0.39, 0.29) is 0 Å². The minimum atomic E-state index is 0.547. The Hall–Kier alpha value is -2.49. The predicted molar refractivity (Wildman–Crippen MR) is 84.1 cm³/mol. The van der Waals surface area contributed by atoms with E-state index in [1.807, 2.05) is 6.07 Å². The van der Waals surface area contributed by atoms with Gasteiger partial charge in [-0.25, -0.2) is 4.98 Å². The van der Waals surface area contributed by atoms with Gasteiger partial charge in [-0.1, -0.05) is 18.2 Å². The number of nitrogens with one attached hydrogen (secondary N) is 1. The zero-order valence-corrected chi connectivity index (χ0v) is 12.7. The molecular formula is C17H18N2O2. The standard InChI is InChI=1S/C17H18N2O2/c1-10-6-5-7-13-16(11(2)18-17(10)13)14-8-12(20-3)9-15(19-14)21-4/h5-9,18H,1-4H3. The lowest BCUT2D eigenvalue weighted by atomic mass is 10.1. The molecule has 0 spiro atoms. The number of hydrogen-bond donors (Lipinski definition) is 1. The second kappa shape index (κ2) is 5.13. The largest absolute Gasteiger partial charge is 0.496 e. The van der Waals surface area contributed by atoms with Crippen molar-refractivity contribution in [2.24, 2.45) is 0 Å². The Morgan fingerprint density at radius 1 is 1.05 bits per heavy atom. The molecular weight excluding hydrogens is 264 g/mol. The highest BCUT2D eigenvalue weighted by Crippen LogP contribution is 2.35. The minimum absolute atomic E-state index is 0.547. The number of pyridine rings is 1. The molecule has 0 aliphatic heterocycles. The fraction of sp³-hybridized carbons (Fsp3) is 0.235. The summed E-state index contributed by atoms with van der Waals surface area (Å²) >= 11 is 0. The number of para-hydroxylation sites is 1. The molecule has 0 bridgehead atoms. The van der Waals surface area contributed by atoms with Crippen molar-refractivity contribution in [2.45, 2.75) is 13.8 Å². The Morgan fingerprint density at radius 2 is 1.86 bits per heavy atom. The second-order valence-corrected chi connectivity index (χ2v) is 5.06. The van der Waals surface area contributed by atoms with Crippen LogP contribution >= 0.6 is 0 Å². The first kappa shape index (κ1) is 13.5. The molecule has 4 heteroatoms. The van der Waals surface area contributed by atoms with Crippen molar-refractivity contribution < 1.29 is 9.47 Å². The number of rotatable bonds is 3. The summed E-state index contributed by atoms with van der Waals surface area (Å²) in [4.78, 5) is 8.01. The number of aryl methyl sites for hydroxylation is 2. The van der Waals surface area contributed by atoms with E-state index in [0.29, 0.717) is 5.88 Å². The minimum Gasteiger partial charge on any atom is -0.496 e. The average molecular weight is 282 g/mol. The molecule has 4 nitrogen and oxygen atoms in total. The number of hydrogen-bond acceptors (Lipinski definition) is 3. The Kier molecular flexibility index (Phi) is 3.29. The third-order valence-corrected chi connectivity index (χ3v) is 3.71. The lowest BCUT2D eigenvalue weighted by molar-refractivity contribution is 0.383. The van der Waals surface area contributed by atoms with Crippen molar-refractivity contribution in [3.63, 3.8) is 0 Å². The van der Waals surface area contributed by atoms with Gasteiger partial charge < -0.3 is 14.5 Å². The van der Waals surface area contributed by atoms with Gasteiger partial charge in [0.2, 0.25) is 5.88 Å². The molecule has 21 heavy (non-hydrogen) atoms. The Balaban J connectivity index is 2.30. The maximum atomic E-state index is 5.34. The molecule has 3 rings (SSSR count). The average Bonchev–Trinajstić information content (AvgIpc) is 2.84. The molecule has 0 saturated heterocycles. The van der Waals surface area contributed by atoms with Gasteiger partial charge in [-0.15, -0.1) is 0 Å². The SMILES string of the molecule is COc1cc(OC)nc(-c2c(C)[nH]c3c(C)cccc23)c1. The summed E-state index contributed by atoms with van der Waals surface area (Å²) in [7, 11) is 3.25. The molecule has 0 saturated carbocycles. The number of nitrogens with zero attached hydrogens (tertiary/aromatic N) is 1. The van der Waals surface area contributed by atoms with E-state index in [0.717, 1.165) is 33.6 Å². The zero-order chi connectivity index (χ0) is 15.0. The first-order chi connectivity index (χ1) is 10.1. The molecule has 0 unspecified atom stereocenters. The number of methoxy groups -OCH3 is 2. The fourth-order valence-corrected chi connectivity index (χ4v) is 2.66. The maximum absolute atomic E-state index is 5.34. The molecule has 0 aliphatic carbocycles. The van der Waals surface area contributed by atoms with Gasteiger partial charge in [0, 0.05) is 34.3 Å². The van der Waals surface area contributed by atoms with Crippen molar-refractivity contribution in [1.29, 1.82) is 0 Å². The Bertz CT molecular complexity index is 784. The van der Waals surface area contributed by atoms with Gasteiger partial charge in [-0.2, -0.15) is 0 Å². The lowest BCUT2D eigenvalue weighted by Crippen LogP contribution is -1.93. The van der Waals surface area contributed by atoms with Crippen LogP contribution < -0.4 is 9.47 Å². The number of benzene rings is 1. The van der Waals surface area contributed by atoms with Crippen molar-refractivity contribution >= 4 is 10.9 Å². The van der Waals surface area contributed by atoms with Gasteiger partial charge in [0.15, 0.2) is 0 Å². The van der Waals surface area contributed by atoms with Crippen LogP contribution in [0.15, 0.2) is 30.3 Å². The van der Waals surface area contributed by atoms with E-state index < -0.39 is 0 Å². The van der Waals surface area contributed by atoms with Crippen LogP contribution in [0.2, 0.25) is 0 Å². The first-order valence-corrected chi connectivity index (χ1v) is 6.82. The van der Waals surface area contributed by atoms with Gasteiger partial charge in [0.25, 0.3) is 0 Å². The highest BCUT2D eigenvalue weighted by Gasteiger charge is 2.15. The van der Waals surface area contributed by atoms with Gasteiger partial charge in [-0.3, -0.25) is 0 Å². The van der Waals surface area contributed by atoms with Crippen LogP contribution in [0.25, 0.3) is 22.2 Å². The third-order valence-electron chi connectivity index (χ3n) is 3.71. The third kappa shape index (κ3) is 2.23. The van der Waals surface area contributed by atoms with Crippen molar-refractivity contribution in [2.75, 3.05) is 14.2 Å². The summed E-state index contributed by atoms with van der Waals surface area (Å²) in [6.45, 7) is 4.16. The molecule has 0 fully saturated rings. The molecule has 0 aliphatic rings. The van der Waals surface area contributed by atoms with Crippen molar-refractivity contribution in [3.05, 3.63) is 41.6 Å². The quantitative estimate of drug-likeness (QED) is 0.793. The predicted octanol–water partition coefficient (Wildman–Crippen LogP) is 3.86. The molecule has 2 aromatic heterocycles. The van der Waals surface area contributed by atoms with Crippen molar-refractivity contribution in [1.82, 2.24) is 9.97 Å². The summed E-state index contributed by atoms with van der Waals surface area (Å²) in [5.74, 6) is 1.28. The van der Waals surface area contributed by atoms with E-state index in [2.05, 4.69) is 42.0 Å². The summed E-state index contributed by atoms with van der Waals surface area (Å²) in [5, 5.41) is 1.16. The first-order valence-electron chi connectivity index (χ1n) is 6.82. The van der Waals surface area contributed by atoms with E-state index in [9.17, 15) is 0 Å². The molecule has 1 N–H and O–H groups in total. The number of aromatic amines is 1. The van der Waals surface area contributed by atoms with Gasteiger partial charge in [0.05, 0.1) is 19.9 Å². The Labute approximate surface area is 123 Å². The summed E-state index contributed by atoms with van der Waals surface area (Å²) in [6, 6.07) is 9.97. The smallest absolute Gasteiger partial charge is 0.217 e. The van der Waals surface area contributed by atoms with Gasteiger partial charge in [-0.05, 0) is 19.4 Å². The lowest BCUT2D eigenvalue weighted by Gasteiger charge is -2.08. The second-order valence-electron chi connectivity index (χ2n) is 5.06. The van der Waals surface area contributed by atoms with Gasteiger partial charge in [0.1, 0.15) is 5.75 Å². The molecule has 108 valence electrons. The van der Waals surface area contributed by atoms with Crippen LogP contribution in [0.5, 0.6) is 11.6 Å². The zero-order valence-electron chi connectivity index (χ0n) is 12.7. The van der Waals surface area contributed by atoms with E-state index >= 15 is 0 Å². The Morgan fingerprint density at radius 3 is 2.57 bits per heavy atom. The van der Waals surface area contributed by atoms with Crippen LogP contribution in [0.1, 0.15) is 11.3 Å². The topological polar surface area (TPSA) is 47.1 Å². The molecule has 0 amide bonds. The molecule has 0 radical (unpaired) electrons. The van der Waals surface area contributed by atoms with E-state index in [1.165, 1.54) is 5.56 Å². The number of aromatic nitrogens is 2. The molecule has 1 aromatic carbocycles. The van der Waals surface area contributed by atoms with E-state index in [4.69, 9.17) is 9.47 Å². The van der Waals surface area contributed by atoms with E-state index in [1.54, 1.807) is 20.3 Å². The normalized spacial score (nSPS) is 10.9. The van der Waals surface area contributed by atoms with Crippen LogP contribution in [0.4, 0.5) is 0 Å². The monoisotopic (exact) mass is 282 g/mol. The summed E-state index contributed by atoms with van der Waals surface area (Å²) in [6.07, 6.45) is 0. The maximum Gasteiger partial charge on any atom is 0.217 e. The highest BCUT2D eigenvalue weighted by atomic mass is 16.5. The van der Waals surface area contributed by atoms with Crippen molar-refractivity contribution in [3.8, 4) is 22.9 Å². The van der Waals surface area contributed by atoms with Crippen LogP contribution in [0.3, 0.4) is 0 Å². The van der Waals surface area contributed by atoms with Crippen LogP contribution in [-0.2, 0) is 0 Å². The fourth-order valence-electron chi connectivity index (χ4n) is 2.66. The van der Waals surface area contributed by atoms with Gasteiger partial charge >= 0.3 is 0 Å². The van der Waals surface area contributed by atoms with Crippen LogP contribution in [0, 0.1) is 13.8 Å². The number of ether oxygens (including phenoxy) is 2. The number of fused-ring (bicyclic) bond motifs is 1. The van der Waals surface area contributed by atoms with Crippen LogP contribution in [-0.4, -0.2) is 24.2 Å². The molecule has 2 heterocycles.